The molecule has 0 fully saturated rings. The summed E-state index contributed by atoms with van der Waals surface area (Å²) in [6.45, 7) is 12.8. The molecule has 1 atom stereocenters. The van der Waals surface area contributed by atoms with Crippen molar-refractivity contribution in [3.8, 4) is 0 Å². The third-order valence-electron chi connectivity index (χ3n) is 3.99. The van der Waals surface area contributed by atoms with E-state index in [4.69, 9.17) is 0 Å². The monoisotopic (exact) mass is 471 g/mol. The van der Waals surface area contributed by atoms with Gasteiger partial charge >= 0.3 is 23.2 Å². The summed E-state index contributed by atoms with van der Waals surface area (Å²) >= 11 is -0.992. The molecule has 0 aliphatic heterocycles. The molecule has 0 saturated heterocycles. The Morgan fingerprint density at radius 1 is 0.862 bits per heavy atom. The molecule has 13 heteroatoms. The Labute approximate surface area is 171 Å². The van der Waals surface area contributed by atoms with E-state index in [1.807, 2.05) is 32.6 Å². The standard InChI is InChI=1S/C12H20F9N2OS.2C2H6/c1-5-23(4,6-2)8-7-22(3)25-12(19,20)10(15,24-21)9(13,14)11(16,17)18;2*1-2/h5-8H2,1-4H3;2*1-2H3/q+1;;. The number of hydrogen-bond acceptors (Lipinski definition) is 3. The molecular formula is C16H32F9N2OS+. The second kappa shape index (κ2) is 13.1. The third kappa shape index (κ3) is 8.33. The summed E-state index contributed by atoms with van der Waals surface area (Å²) in [5.41, 5.74) is 0. The molecule has 0 N–H and O–H groups in total. The van der Waals surface area contributed by atoms with Gasteiger partial charge in [0.25, 0.3) is 0 Å². The molecular weight excluding hydrogens is 439 g/mol. The normalized spacial score (nSPS) is 15.1. The largest absolute Gasteiger partial charge is 0.459 e. The van der Waals surface area contributed by atoms with Crippen molar-refractivity contribution in [3.05, 3.63) is 0 Å². The van der Waals surface area contributed by atoms with Crippen LogP contribution in [0.15, 0.2) is 0 Å². The molecule has 0 amide bonds. The zero-order valence-corrected chi connectivity index (χ0v) is 18.8. The van der Waals surface area contributed by atoms with Crippen LogP contribution in [0.25, 0.3) is 0 Å². The molecule has 0 saturated carbocycles. The summed E-state index contributed by atoms with van der Waals surface area (Å²) in [6, 6.07) is 0. The van der Waals surface area contributed by atoms with E-state index in [9.17, 15) is 39.6 Å². The van der Waals surface area contributed by atoms with Gasteiger partial charge in [-0.1, -0.05) is 27.7 Å². The lowest BCUT2D eigenvalue weighted by Gasteiger charge is -2.37. The highest BCUT2D eigenvalue weighted by atomic mass is 32.2. The van der Waals surface area contributed by atoms with Crippen LogP contribution in [0.1, 0.15) is 41.5 Å². The van der Waals surface area contributed by atoms with Crippen LogP contribution >= 0.6 is 11.9 Å². The molecule has 0 bridgehead atoms. The maximum atomic E-state index is 13.7. The average molecular weight is 471 g/mol. The fraction of sp³-hybridized carbons (Fsp3) is 1.00. The summed E-state index contributed by atoms with van der Waals surface area (Å²) < 4.78 is 117. The lowest BCUT2D eigenvalue weighted by molar-refractivity contribution is -0.905. The van der Waals surface area contributed by atoms with Gasteiger partial charge in [0.05, 0.1) is 33.2 Å². The Balaban J connectivity index is -0.00000158. The van der Waals surface area contributed by atoms with Crippen molar-refractivity contribution in [2.24, 2.45) is 0 Å². The van der Waals surface area contributed by atoms with Gasteiger partial charge in [-0.3, -0.25) is 0 Å². The van der Waals surface area contributed by atoms with E-state index in [1.54, 1.807) is 20.9 Å². The van der Waals surface area contributed by atoms with Crippen LogP contribution in [0.3, 0.4) is 0 Å². The summed E-state index contributed by atoms with van der Waals surface area (Å²) in [5, 5.41) is -5.56. The molecule has 0 aliphatic carbocycles. The molecule has 0 spiro atoms. The van der Waals surface area contributed by atoms with Crippen LogP contribution in [0.4, 0.5) is 39.6 Å². The maximum Gasteiger partial charge on any atom is 0.459 e. The molecule has 0 aromatic heterocycles. The lowest BCUT2D eigenvalue weighted by Crippen LogP contribution is -2.63. The minimum Gasteiger partial charge on any atom is -0.325 e. The van der Waals surface area contributed by atoms with Gasteiger partial charge in [0.15, 0.2) is 0 Å². The Kier molecular flexibility index (Phi) is 15.0. The maximum absolute atomic E-state index is 13.7. The van der Waals surface area contributed by atoms with E-state index in [1.165, 1.54) is 0 Å². The quantitative estimate of drug-likeness (QED) is 0.206. The predicted molar refractivity (Wildman–Crippen MR) is 97.0 cm³/mol. The van der Waals surface area contributed by atoms with Crippen molar-refractivity contribution in [1.82, 2.24) is 4.31 Å². The number of likely N-dealkylation sites (N-methyl/N-ethyl adjacent to an activating group) is 2. The number of alkyl halides is 8. The SMILES string of the molecule is CC.CC.CC[N+](C)(CC)CCN(C)SC(F)(F)C(F)(OF)C(F)(F)C(F)(F)F. The topological polar surface area (TPSA) is 12.5 Å². The molecule has 0 radical (unpaired) electrons. The van der Waals surface area contributed by atoms with Gasteiger partial charge in [-0.15, -0.1) is 4.94 Å². The van der Waals surface area contributed by atoms with Crippen molar-refractivity contribution in [3.63, 3.8) is 0 Å². The molecule has 0 aromatic rings. The first-order valence-corrected chi connectivity index (χ1v) is 9.85. The number of halogens is 9. The number of quaternary nitrogens is 1. The molecule has 0 aliphatic rings. The zero-order valence-electron chi connectivity index (χ0n) is 17.9. The summed E-state index contributed by atoms with van der Waals surface area (Å²) in [4.78, 5) is 1.84. The molecule has 3 nitrogen and oxygen atoms in total. The van der Waals surface area contributed by atoms with E-state index >= 15 is 0 Å². The Morgan fingerprint density at radius 3 is 1.52 bits per heavy atom. The lowest BCUT2D eigenvalue weighted by atomic mass is 10.1. The number of hydrogen-bond donors (Lipinski definition) is 0. The van der Waals surface area contributed by atoms with Gasteiger partial charge in [0.1, 0.15) is 0 Å². The average Bonchev–Trinajstić information content (AvgIpc) is 2.67. The van der Waals surface area contributed by atoms with Crippen molar-refractivity contribution in [2.75, 3.05) is 40.3 Å². The second-order valence-corrected chi connectivity index (χ2v) is 7.00. The van der Waals surface area contributed by atoms with Gasteiger partial charge in [-0.25, -0.2) is 4.31 Å². The molecule has 0 heterocycles. The fourth-order valence-electron chi connectivity index (χ4n) is 1.68. The minimum absolute atomic E-state index is 0.210. The van der Waals surface area contributed by atoms with E-state index in [0.717, 1.165) is 7.05 Å². The van der Waals surface area contributed by atoms with Crippen LogP contribution in [0.2, 0.25) is 0 Å². The smallest absolute Gasteiger partial charge is 0.325 e. The van der Waals surface area contributed by atoms with E-state index < -0.39 is 35.2 Å². The van der Waals surface area contributed by atoms with Crippen molar-refractivity contribution in [2.45, 2.75) is 64.8 Å². The molecule has 0 rings (SSSR count). The number of nitrogens with zero attached hydrogens (tertiary/aromatic N) is 2. The van der Waals surface area contributed by atoms with Gasteiger partial charge in [-0.05, 0) is 25.4 Å². The Morgan fingerprint density at radius 2 is 1.24 bits per heavy atom. The van der Waals surface area contributed by atoms with Crippen molar-refractivity contribution >= 4 is 11.9 Å². The first-order chi connectivity index (χ1) is 13.0. The van der Waals surface area contributed by atoms with Gasteiger partial charge < -0.3 is 4.48 Å². The highest BCUT2D eigenvalue weighted by molar-refractivity contribution is 7.98. The zero-order chi connectivity index (χ0) is 24.3. The van der Waals surface area contributed by atoms with Gasteiger partial charge in [-0.2, -0.15) is 35.1 Å². The van der Waals surface area contributed by atoms with Crippen LogP contribution in [-0.4, -0.2) is 72.3 Å². The molecule has 0 aromatic carbocycles. The summed E-state index contributed by atoms with van der Waals surface area (Å²) in [7, 11) is 2.69. The predicted octanol–water partition coefficient (Wildman–Crippen LogP) is 6.46. The van der Waals surface area contributed by atoms with E-state index in [2.05, 4.69) is 0 Å². The Bertz CT molecular complexity index is 435. The first-order valence-electron chi connectivity index (χ1n) is 9.08. The Hall–Kier alpha value is -0.400. The van der Waals surface area contributed by atoms with E-state index in [-0.39, 0.29) is 13.1 Å². The summed E-state index contributed by atoms with van der Waals surface area (Å²) in [5.74, 6) is -13.0. The van der Waals surface area contributed by atoms with Gasteiger partial charge in [0.2, 0.25) is 0 Å². The van der Waals surface area contributed by atoms with Crippen LogP contribution in [-0.2, 0) is 4.94 Å². The fourth-order valence-corrected chi connectivity index (χ4v) is 2.52. The highest BCUT2D eigenvalue weighted by Gasteiger charge is 2.83. The molecule has 180 valence electrons. The van der Waals surface area contributed by atoms with E-state index in [0.29, 0.717) is 21.9 Å². The van der Waals surface area contributed by atoms with Crippen molar-refractivity contribution < 1.29 is 49.1 Å². The first kappa shape index (κ1) is 33.2. The van der Waals surface area contributed by atoms with Crippen molar-refractivity contribution in [1.29, 1.82) is 0 Å². The molecule has 1 unspecified atom stereocenters. The van der Waals surface area contributed by atoms with Gasteiger partial charge in [0, 0.05) is 11.9 Å². The molecule has 29 heavy (non-hydrogen) atoms. The second-order valence-electron chi connectivity index (χ2n) is 5.68. The van der Waals surface area contributed by atoms with Crippen LogP contribution in [0.5, 0.6) is 0 Å². The third-order valence-corrected chi connectivity index (χ3v) is 4.98. The highest BCUT2D eigenvalue weighted by Crippen LogP contribution is 2.56. The van der Waals surface area contributed by atoms with Crippen LogP contribution in [0, 0.1) is 0 Å². The van der Waals surface area contributed by atoms with Crippen LogP contribution < -0.4 is 0 Å². The summed E-state index contributed by atoms with van der Waals surface area (Å²) in [6.07, 6.45) is -6.78. The minimum atomic E-state index is -6.78. The number of rotatable bonds is 10.